The van der Waals surface area contributed by atoms with E-state index in [1.165, 1.54) is 12.8 Å². The monoisotopic (exact) mass is 269 g/mol. The van der Waals surface area contributed by atoms with Gasteiger partial charge >= 0.3 is 0 Å². The average molecular weight is 270 g/mol. The molecule has 2 saturated heterocycles. The van der Waals surface area contributed by atoms with Gasteiger partial charge in [-0.1, -0.05) is 11.6 Å². The lowest BCUT2D eigenvalue weighted by molar-refractivity contribution is 0.0309. The maximum absolute atomic E-state index is 9.82. The lowest BCUT2D eigenvalue weighted by Crippen LogP contribution is -2.44. The molecule has 2 atom stereocenters. The minimum atomic E-state index is -0.107. The van der Waals surface area contributed by atoms with Crippen LogP contribution < -0.4 is 0 Å². The molecule has 0 spiro atoms. The Labute approximate surface area is 113 Å². The third-order valence-corrected chi connectivity index (χ3v) is 4.94. The predicted octanol–water partition coefficient (Wildman–Crippen LogP) is 1.87. The number of aliphatic hydroxyl groups excluding tert-OH is 1. The Balaban J connectivity index is 1.81. The summed E-state index contributed by atoms with van der Waals surface area (Å²) in [7, 11) is 1.88. The molecule has 1 N–H and O–H groups in total. The van der Waals surface area contributed by atoms with Gasteiger partial charge in [0.2, 0.25) is 0 Å². The van der Waals surface area contributed by atoms with Crippen LogP contribution in [0.4, 0.5) is 0 Å². The van der Waals surface area contributed by atoms with Crippen molar-refractivity contribution in [1.29, 1.82) is 0 Å². The highest BCUT2D eigenvalue weighted by Gasteiger charge is 2.40. The SMILES string of the molecule is Cc1nn(C)c(Cl)c1CN1C2CCC1CC(O)C2. The first kappa shape index (κ1) is 12.5. The molecule has 0 saturated carbocycles. The van der Waals surface area contributed by atoms with E-state index < -0.39 is 0 Å². The Morgan fingerprint density at radius 3 is 2.44 bits per heavy atom. The molecule has 2 bridgehead atoms. The summed E-state index contributed by atoms with van der Waals surface area (Å²) in [6.07, 6.45) is 4.13. The number of piperidine rings is 1. The van der Waals surface area contributed by atoms with Crippen molar-refractivity contribution in [3.8, 4) is 0 Å². The molecule has 1 aromatic rings. The van der Waals surface area contributed by atoms with Gasteiger partial charge in [-0.05, 0) is 32.6 Å². The molecule has 3 rings (SSSR count). The van der Waals surface area contributed by atoms with Crippen LogP contribution in [0.5, 0.6) is 0 Å². The summed E-state index contributed by atoms with van der Waals surface area (Å²) in [5, 5.41) is 14.9. The van der Waals surface area contributed by atoms with Crippen molar-refractivity contribution in [2.24, 2.45) is 7.05 Å². The summed E-state index contributed by atoms with van der Waals surface area (Å²) in [5.74, 6) is 0. The van der Waals surface area contributed by atoms with E-state index in [1.54, 1.807) is 4.68 Å². The number of rotatable bonds is 2. The number of aliphatic hydroxyl groups is 1. The molecule has 1 aromatic heterocycles. The van der Waals surface area contributed by atoms with Gasteiger partial charge in [0.15, 0.2) is 0 Å². The van der Waals surface area contributed by atoms with E-state index in [4.69, 9.17) is 11.6 Å². The number of aromatic nitrogens is 2. The predicted molar refractivity (Wildman–Crippen MR) is 70.5 cm³/mol. The first-order chi connectivity index (χ1) is 8.56. The van der Waals surface area contributed by atoms with Crippen molar-refractivity contribution in [3.05, 3.63) is 16.4 Å². The second-order valence-electron chi connectivity index (χ2n) is 5.66. The molecule has 0 aromatic carbocycles. The van der Waals surface area contributed by atoms with E-state index >= 15 is 0 Å². The molecular weight excluding hydrogens is 250 g/mol. The van der Waals surface area contributed by atoms with Gasteiger partial charge < -0.3 is 5.11 Å². The summed E-state index contributed by atoms with van der Waals surface area (Å²) in [4.78, 5) is 2.52. The zero-order chi connectivity index (χ0) is 12.9. The highest BCUT2D eigenvalue weighted by atomic mass is 35.5. The Bertz CT molecular complexity index is 445. The minimum absolute atomic E-state index is 0.107. The van der Waals surface area contributed by atoms with Gasteiger partial charge in [-0.3, -0.25) is 9.58 Å². The van der Waals surface area contributed by atoms with E-state index in [-0.39, 0.29) is 6.10 Å². The van der Waals surface area contributed by atoms with Gasteiger partial charge in [0.1, 0.15) is 5.15 Å². The Morgan fingerprint density at radius 1 is 1.33 bits per heavy atom. The van der Waals surface area contributed by atoms with Crippen LogP contribution in [0.2, 0.25) is 5.15 Å². The number of hydrogen-bond acceptors (Lipinski definition) is 3. The Morgan fingerprint density at radius 2 is 1.94 bits per heavy atom. The quantitative estimate of drug-likeness (QED) is 0.891. The van der Waals surface area contributed by atoms with E-state index in [0.717, 1.165) is 35.8 Å². The highest BCUT2D eigenvalue weighted by molar-refractivity contribution is 6.30. The molecule has 0 amide bonds. The number of hydrogen-bond donors (Lipinski definition) is 1. The Hall–Kier alpha value is -0.580. The standard InChI is InChI=1S/C13H20ClN3O/c1-8-12(13(14)16(2)15-8)7-17-9-3-4-10(17)6-11(18)5-9/h9-11,18H,3-7H2,1-2H3. The molecule has 100 valence electrons. The van der Waals surface area contributed by atoms with Crippen molar-refractivity contribution in [3.63, 3.8) is 0 Å². The fourth-order valence-electron chi connectivity index (χ4n) is 3.54. The molecular formula is C13H20ClN3O. The van der Waals surface area contributed by atoms with E-state index in [0.29, 0.717) is 12.1 Å². The normalized spacial score (nSPS) is 32.1. The lowest BCUT2D eigenvalue weighted by Gasteiger charge is -2.37. The second-order valence-corrected chi connectivity index (χ2v) is 6.02. The first-order valence-electron chi connectivity index (χ1n) is 6.68. The second kappa shape index (κ2) is 4.51. The summed E-state index contributed by atoms with van der Waals surface area (Å²) >= 11 is 6.30. The summed E-state index contributed by atoms with van der Waals surface area (Å²) < 4.78 is 1.74. The van der Waals surface area contributed by atoms with Gasteiger partial charge in [0.25, 0.3) is 0 Å². The van der Waals surface area contributed by atoms with E-state index in [9.17, 15) is 5.11 Å². The van der Waals surface area contributed by atoms with Crippen molar-refractivity contribution in [2.75, 3.05) is 0 Å². The largest absolute Gasteiger partial charge is 0.393 e. The van der Waals surface area contributed by atoms with Crippen molar-refractivity contribution in [1.82, 2.24) is 14.7 Å². The average Bonchev–Trinajstić information content (AvgIpc) is 2.68. The number of nitrogens with zero attached hydrogens (tertiary/aromatic N) is 3. The topological polar surface area (TPSA) is 41.3 Å². The van der Waals surface area contributed by atoms with Crippen LogP contribution in [-0.2, 0) is 13.6 Å². The van der Waals surface area contributed by atoms with Crippen molar-refractivity contribution < 1.29 is 5.11 Å². The molecule has 0 radical (unpaired) electrons. The highest BCUT2D eigenvalue weighted by Crippen LogP contribution is 2.37. The zero-order valence-electron chi connectivity index (χ0n) is 10.9. The summed E-state index contributed by atoms with van der Waals surface area (Å²) in [6, 6.07) is 1.05. The smallest absolute Gasteiger partial charge is 0.131 e. The van der Waals surface area contributed by atoms with Crippen molar-refractivity contribution in [2.45, 2.75) is 57.3 Å². The zero-order valence-corrected chi connectivity index (χ0v) is 11.7. The third-order valence-electron chi connectivity index (χ3n) is 4.47. The number of halogens is 1. The molecule has 4 nitrogen and oxygen atoms in total. The molecule has 0 aliphatic carbocycles. The Kier molecular flexibility index (Phi) is 3.12. The van der Waals surface area contributed by atoms with Crippen LogP contribution in [-0.4, -0.2) is 38.0 Å². The van der Waals surface area contributed by atoms with Crippen LogP contribution in [0.3, 0.4) is 0 Å². The van der Waals surface area contributed by atoms with Gasteiger partial charge in [-0.2, -0.15) is 5.10 Å². The third kappa shape index (κ3) is 1.96. The molecule has 3 heterocycles. The van der Waals surface area contributed by atoms with E-state index in [2.05, 4.69) is 10.00 Å². The molecule has 2 fully saturated rings. The van der Waals surface area contributed by atoms with Gasteiger partial charge in [0.05, 0.1) is 11.8 Å². The van der Waals surface area contributed by atoms with Crippen LogP contribution in [0.15, 0.2) is 0 Å². The number of fused-ring (bicyclic) bond motifs is 2. The van der Waals surface area contributed by atoms with Gasteiger partial charge in [-0.15, -0.1) is 0 Å². The van der Waals surface area contributed by atoms with Crippen LogP contribution in [0, 0.1) is 6.92 Å². The molecule has 5 heteroatoms. The van der Waals surface area contributed by atoms with E-state index in [1.807, 2.05) is 14.0 Å². The first-order valence-corrected chi connectivity index (χ1v) is 7.06. The maximum Gasteiger partial charge on any atom is 0.131 e. The fraction of sp³-hybridized carbons (Fsp3) is 0.769. The molecule has 2 aliphatic heterocycles. The van der Waals surface area contributed by atoms with Crippen molar-refractivity contribution >= 4 is 11.6 Å². The van der Waals surface area contributed by atoms with Crippen LogP contribution >= 0.6 is 11.6 Å². The van der Waals surface area contributed by atoms with Crippen LogP contribution in [0.25, 0.3) is 0 Å². The summed E-state index contributed by atoms with van der Waals surface area (Å²) in [6.45, 7) is 2.89. The fourth-order valence-corrected chi connectivity index (χ4v) is 3.77. The van der Waals surface area contributed by atoms with Gasteiger partial charge in [0, 0.05) is 31.2 Å². The maximum atomic E-state index is 9.82. The summed E-state index contributed by atoms with van der Waals surface area (Å²) in [5.41, 5.74) is 2.17. The van der Waals surface area contributed by atoms with Crippen LogP contribution in [0.1, 0.15) is 36.9 Å². The molecule has 18 heavy (non-hydrogen) atoms. The molecule has 2 unspecified atom stereocenters. The number of aryl methyl sites for hydroxylation is 2. The molecule has 2 aliphatic rings. The van der Waals surface area contributed by atoms with Gasteiger partial charge in [-0.25, -0.2) is 0 Å². The minimum Gasteiger partial charge on any atom is -0.393 e. The lowest BCUT2D eigenvalue weighted by atomic mass is 9.99.